The van der Waals surface area contributed by atoms with E-state index in [1.54, 1.807) is 0 Å². The summed E-state index contributed by atoms with van der Waals surface area (Å²) in [5.74, 6) is 0.131. The molecule has 0 spiro atoms. The van der Waals surface area contributed by atoms with Gasteiger partial charge in [-0.05, 0) is 5.56 Å². The van der Waals surface area contributed by atoms with Crippen molar-refractivity contribution in [2.45, 2.75) is 30.5 Å². The average molecular weight is 402 g/mol. The normalized spacial score (nSPS) is 26.8. The van der Waals surface area contributed by atoms with Crippen LogP contribution in [0.4, 0.5) is 11.5 Å². The van der Waals surface area contributed by atoms with E-state index in [-0.39, 0.29) is 29.1 Å². The Kier molecular flexibility index (Phi) is 4.62. The molecule has 4 atom stereocenters. The first kappa shape index (κ1) is 19.1. The summed E-state index contributed by atoms with van der Waals surface area (Å²) in [6.45, 7) is -0.524. The fraction of sp³-hybridized carbons (Fsp3) is 0.353. The first-order valence-corrected chi connectivity index (χ1v) is 8.69. The van der Waals surface area contributed by atoms with Gasteiger partial charge < -0.3 is 25.8 Å². The third kappa shape index (κ3) is 2.98. The predicted molar refractivity (Wildman–Crippen MR) is 98.5 cm³/mol. The van der Waals surface area contributed by atoms with Gasteiger partial charge in [0.2, 0.25) is 0 Å². The molecule has 0 aliphatic carbocycles. The van der Waals surface area contributed by atoms with Crippen LogP contribution in [0.15, 0.2) is 36.9 Å². The summed E-state index contributed by atoms with van der Waals surface area (Å²) in [5, 5.41) is 41.8. The number of rotatable bonds is 5. The van der Waals surface area contributed by atoms with E-state index in [2.05, 4.69) is 15.0 Å². The Morgan fingerprint density at radius 2 is 1.97 bits per heavy atom. The number of aliphatic hydroxyl groups is 3. The van der Waals surface area contributed by atoms with Crippen molar-refractivity contribution >= 4 is 22.7 Å². The molecule has 3 aromatic rings. The van der Waals surface area contributed by atoms with Crippen LogP contribution >= 0.6 is 0 Å². The first-order valence-electron chi connectivity index (χ1n) is 8.69. The van der Waals surface area contributed by atoms with Crippen molar-refractivity contribution in [1.29, 1.82) is 0 Å². The summed E-state index contributed by atoms with van der Waals surface area (Å²) in [4.78, 5) is 22.6. The molecule has 1 saturated heterocycles. The number of hydrogen-bond acceptors (Lipinski definition) is 10. The first-order chi connectivity index (χ1) is 13.9. The lowest BCUT2D eigenvalue weighted by Crippen LogP contribution is -2.47. The van der Waals surface area contributed by atoms with Crippen LogP contribution in [0, 0.1) is 10.1 Å². The van der Waals surface area contributed by atoms with E-state index in [0.717, 1.165) is 0 Å². The van der Waals surface area contributed by atoms with Gasteiger partial charge in [0.05, 0.1) is 17.9 Å². The summed E-state index contributed by atoms with van der Waals surface area (Å²) in [6, 6.07) is 5.71. The zero-order valence-corrected chi connectivity index (χ0v) is 15.0. The van der Waals surface area contributed by atoms with Crippen LogP contribution in [0.2, 0.25) is 0 Å². The number of anilines is 1. The fourth-order valence-electron chi connectivity index (χ4n) is 3.61. The molecule has 0 bridgehead atoms. The Morgan fingerprint density at radius 3 is 2.59 bits per heavy atom. The number of nitrogens with zero attached hydrogens (tertiary/aromatic N) is 5. The third-order valence-corrected chi connectivity index (χ3v) is 5.08. The number of fused-ring (bicyclic) bond motifs is 1. The number of nitro groups is 1. The van der Waals surface area contributed by atoms with Crippen molar-refractivity contribution in [3.05, 3.63) is 52.6 Å². The highest BCUT2D eigenvalue weighted by Gasteiger charge is 2.56. The van der Waals surface area contributed by atoms with Crippen molar-refractivity contribution in [3.8, 4) is 0 Å². The fourth-order valence-corrected chi connectivity index (χ4v) is 3.61. The van der Waals surface area contributed by atoms with Crippen LogP contribution < -0.4 is 5.73 Å². The standard InChI is InChI=1S/C17H18N6O6/c18-15-12-16(20-7-19-15)22(8-21-12)17(14(26)13(25)11(6-24)29-17)5-9-1-3-10(4-2-9)23(27)28/h1-4,7-8,11,13-14,24-26H,5-6H2,(H2,18,19,20)/t11-,13-,14-,17-/m1/s1. The molecule has 0 radical (unpaired) electrons. The molecule has 0 unspecified atom stereocenters. The topological polar surface area (TPSA) is 183 Å². The number of benzene rings is 1. The molecule has 29 heavy (non-hydrogen) atoms. The molecule has 1 aromatic carbocycles. The Balaban J connectivity index is 1.84. The van der Waals surface area contributed by atoms with E-state index in [1.165, 1.54) is 41.5 Å². The molecule has 1 fully saturated rings. The second kappa shape index (κ2) is 7.00. The second-order valence-corrected chi connectivity index (χ2v) is 6.77. The smallest absolute Gasteiger partial charge is 0.269 e. The molecule has 3 heterocycles. The molecule has 5 N–H and O–H groups in total. The lowest BCUT2D eigenvalue weighted by atomic mass is 9.94. The van der Waals surface area contributed by atoms with Crippen molar-refractivity contribution in [3.63, 3.8) is 0 Å². The summed E-state index contributed by atoms with van der Waals surface area (Å²) in [7, 11) is 0. The molecule has 2 aromatic heterocycles. The summed E-state index contributed by atoms with van der Waals surface area (Å²) >= 11 is 0. The SMILES string of the molecule is Nc1ncnc2c1ncn2[C@]1(Cc2ccc([N+](=O)[O-])cc2)O[C@H](CO)[C@@H](O)[C@H]1O. The maximum Gasteiger partial charge on any atom is 0.269 e. The Labute approximate surface area is 163 Å². The van der Waals surface area contributed by atoms with Gasteiger partial charge in [-0.3, -0.25) is 14.7 Å². The maximum absolute atomic E-state index is 10.9. The number of aromatic nitrogens is 4. The highest BCUT2D eigenvalue weighted by molar-refractivity contribution is 5.81. The molecule has 12 heteroatoms. The Hall–Kier alpha value is -3.19. The number of aliphatic hydroxyl groups excluding tert-OH is 3. The molecule has 0 saturated carbocycles. The van der Waals surface area contributed by atoms with Crippen LogP contribution in [0.3, 0.4) is 0 Å². The van der Waals surface area contributed by atoms with Crippen molar-refractivity contribution < 1.29 is 25.0 Å². The van der Waals surface area contributed by atoms with Gasteiger partial charge >= 0.3 is 0 Å². The van der Waals surface area contributed by atoms with Crippen LogP contribution in [0.5, 0.6) is 0 Å². The van der Waals surface area contributed by atoms with Crippen LogP contribution in [-0.4, -0.2) is 64.7 Å². The largest absolute Gasteiger partial charge is 0.394 e. The van der Waals surface area contributed by atoms with Crippen molar-refractivity contribution in [2.24, 2.45) is 0 Å². The summed E-state index contributed by atoms with van der Waals surface area (Å²) in [6.07, 6.45) is -1.29. The molecular formula is C17H18N6O6. The highest BCUT2D eigenvalue weighted by Crippen LogP contribution is 2.40. The molecular weight excluding hydrogens is 384 g/mol. The van der Waals surface area contributed by atoms with E-state index in [4.69, 9.17) is 10.5 Å². The van der Waals surface area contributed by atoms with Crippen molar-refractivity contribution in [2.75, 3.05) is 12.3 Å². The molecule has 0 amide bonds. The van der Waals surface area contributed by atoms with E-state index in [0.29, 0.717) is 5.56 Å². The minimum Gasteiger partial charge on any atom is -0.394 e. The lowest BCUT2D eigenvalue weighted by molar-refractivity contribution is -0.384. The van der Waals surface area contributed by atoms with Gasteiger partial charge in [-0.2, -0.15) is 0 Å². The van der Waals surface area contributed by atoms with E-state index >= 15 is 0 Å². The predicted octanol–water partition coefficient (Wildman–Crippen LogP) is -0.675. The number of nitro benzene ring substituents is 1. The van der Waals surface area contributed by atoms with E-state index in [1.807, 2.05) is 0 Å². The van der Waals surface area contributed by atoms with E-state index in [9.17, 15) is 25.4 Å². The average Bonchev–Trinajstić information content (AvgIpc) is 3.25. The number of ether oxygens (including phenoxy) is 1. The van der Waals surface area contributed by atoms with Crippen molar-refractivity contribution in [1.82, 2.24) is 19.5 Å². The third-order valence-electron chi connectivity index (χ3n) is 5.08. The molecule has 1 aliphatic rings. The Bertz CT molecular complexity index is 1060. The van der Waals surface area contributed by atoms with Gasteiger partial charge in [0.15, 0.2) is 17.2 Å². The van der Waals surface area contributed by atoms with Crippen LogP contribution in [-0.2, 0) is 16.9 Å². The van der Waals surface area contributed by atoms with Crippen LogP contribution in [0.25, 0.3) is 11.2 Å². The molecule has 1 aliphatic heterocycles. The van der Waals surface area contributed by atoms with Gasteiger partial charge in [-0.15, -0.1) is 0 Å². The van der Waals surface area contributed by atoms with Crippen LogP contribution in [0.1, 0.15) is 5.56 Å². The number of non-ortho nitro benzene ring substituents is 1. The van der Waals surface area contributed by atoms with Gasteiger partial charge in [-0.25, -0.2) is 15.0 Å². The summed E-state index contributed by atoms with van der Waals surface area (Å²) < 4.78 is 7.37. The monoisotopic (exact) mass is 402 g/mol. The molecule has 4 rings (SSSR count). The molecule has 152 valence electrons. The minimum atomic E-state index is -1.58. The number of imidazole rings is 1. The quantitative estimate of drug-likeness (QED) is 0.315. The number of nitrogens with two attached hydrogens (primary N) is 1. The Morgan fingerprint density at radius 1 is 1.24 bits per heavy atom. The zero-order valence-electron chi connectivity index (χ0n) is 15.0. The maximum atomic E-state index is 10.9. The van der Waals surface area contributed by atoms with Gasteiger partial charge in [0.1, 0.15) is 30.2 Å². The second-order valence-electron chi connectivity index (χ2n) is 6.77. The van der Waals surface area contributed by atoms with Gasteiger partial charge in [-0.1, -0.05) is 12.1 Å². The number of hydrogen-bond donors (Lipinski definition) is 4. The lowest BCUT2D eigenvalue weighted by Gasteiger charge is -2.34. The van der Waals surface area contributed by atoms with E-state index < -0.39 is 35.6 Å². The number of nitrogen functional groups attached to an aromatic ring is 1. The van der Waals surface area contributed by atoms with Gasteiger partial charge in [0, 0.05) is 18.6 Å². The zero-order chi connectivity index (χ0) is 20.8. The summed E-state index contributed by atoms with van der Waals surface area (Å²) in [5.41, 5.74) is 5.31. The highest BCUT2D eigenvalue weighted by atomic mass is 16.6. The minimum absolute atomic E-state index is 0.00902. The molecule has 12 nitrogen and oxygen atoms in total. The van der Waals surface area contributed by atoms with Gasteiger partial charge in [0.25, 0.3) is 5.69 Å².